The van der Waals surface area contributed by atoms with Gasteiger partial charge in [-0.05, 0) is 38.8 Å². The van der Waals surface area contributed by atoms with Gasteiger partial charge in [0.15, 0.2) is 10.8 Å². The first-order chi connectivity index (χ1) is 16.0. The maximum atomic E-state index is 13.3. The topological polar surface area (TPSA) is 88.1 Å². The van der Waals surface area contributed by atoms with Gasteiger partial charge in [0.2, 0.25) is 5.91 Å². The molecule has 0 radical (unpaired) electrons. The Kier molecular flexibility index (Phi) is 6.47. The summed E-state index contributed by atoms with van der Waals surface area (Å²) in [7, 11) is 0.453. The Balaban J connectivity index is 1.49. The number of amides is 1. The maximum Gasteiger partial charge on any atom is 0.434 e. The van der Waals surface area contributed by atoms with Crippen molar-refractivity contribution in [3.8, 4) is 11.3 Å². The van der Waals surface area contributed by atoms with E-state index < -0.39 is 28.3 Å². The van der Waals surface area contributed by atoms with Crippen LogP contribution < -0.4 is 9.62 Å². The van der Waals surface area contributed by atoms with Crippen molar-refractivity contribution in [1.29, 1.82) is 0 Å². The molecule has 1 aromatic carbocycles. The van der Waals surface area contributed by atoms with Crippen molar-refractivity contribution in [1.82, 2.24) is 15.0 Å². The van der Waals surface area contributed by atoms with Crippen molar-refractivity contribution in [2.24, 2.45) is 0 Å². The SMILES string of the molecule is CN(C(=O)C(C)(C)c1csc(NS(=O)C2CC2)n1)c1ccc(-c2cncc(C(F)(F)F)n2)cc1. The van der Waals surface area contributed by atoms with Crippen LogP contribution in [0.1, 0.15) is 38.1 Å². The predicted molar refractivity (Wildman–Crippen MR) is 126 cm³/mol. The Hall–Kier alpha value is -2.86. The number of hydrogen-bond donors (Lipinski definition) is 1. The van der Waals surface area contributed by atoms with Gasteiger partial charge in [0, 0.05) is 23.7 Å². The summed E-state index contributed by atoms with van der Waals surface area (Å²) in [5, 5.41) is 2.45. The summed E-state index contributed by atoms with van der Waals surface area (Å²) >= 11 is 1.30. The fraction of sp³-hybridized carbons (Fsp3) is 0.364. The van der Waals surface area contributed by atoms with Crippen molar-refractivity contribution >= 4 is 39.0 Å². The van der Waals surface area contributed by atoms with Crippen LogP contribution in [0, 0.1) is 0 Å². The van der Waals surface area contributed by atoms with Gasteiger partial charge in [-0.2, -0.15) is 13.2 Å². The molecule has 180 valence electrons. The molecule has 0 bridgehead atoms. The highest BCUT2D eigenvalue weighted by atomic mass is 32.2. The first kappa shape index (κ1) is 24.3. The molecule has 34 heavy (non-hydrogen) atoms. The van der Waals surface area contributed by atoms with Crippen LogP contribution in [0.5, 0.6) is 0 Å². The Morgan fingerprint density at radius 1 is 1.12 bits per heavy atom. The minimum atomic E-state index is -4.58. The van der Waals surface area contributed by atoms with Gasteiger partial charge in [-0.15, -0.1) is 11.3 Å². The highest BCUT2D eigenvalue weighted by Gasteiger charge is 2.36. The van der Waals surface area contributed by atoms with Crippen LogP contribution in [0.15, 0.2) is 42.0 Å². The average Bonchev–Trinajstić information content (AvgIpc) is 3.56. The number of nitrogens with zero attached hydrogens (tertiary/aromatic N) is 4. The van der Waals surface area contributed by atoms with Crippen LogP contribution >= 0.6 is 11.3 Å². The number of thiazole rings is 1. The Morgan fingerprint density at radius 3 is 2.41 bits per heavy atom. The van der Waals surface area contributed by atoms with E-state index in [0.29, 0.717) is 28.3 Å². The molecule has 1 aliphatic rings. The summed E-state index contributed by atoms with van der Waals surface area (Å²) in [5.41, 5.74) is -0.382. The molecule has 0 saturated heterocycles. The van der Waals surface area contributed by atoms with E-state index in [-0.39, 0.29) is 16.9 Å². The molecule has 1 fully saturated rings. The molecule has 1 unspecified atom stereocenters. The van der Waals surface area contributed by atoms with Gasteiger partial charge in [0.1, 0.15) is 11.0 Å². The second-order valence-corrected chi connectivity index (χ2v) is 10.8. The number of benzene rings is 1. The van der Waals surface area contributed by atoms with Crippen molar-refractivity contribution in [2.45, 2.75) is 43.5 Å². The zero-order chi connectivity index (χ0) is 24.7. The van der Waals surface area contributed by atoms with Crippen LogP contribution in [0.3, 0.4) is 0 Å². The number of anilines is 2. The van der Waals surface area contributed by atoms with Gasteiger partial charge in [-0.25, -0.2) is 14.2 Å². The fourth-order valence-electron chi connectivity index (χ4n) is 3.20. The highest BCUT2D eigenvalue weighted by molar-refractivity contribution is 7.87. The lowest BCUT2D eigenvalue weighted by atomic mass is 9.88. The number of likely N-dealkylation sites (N-methyl/N-ethyl adjacent to an activating group) is 1. The van der Waals surface area contributed by atoms with Gasteiger partial charge in [0.05, 0.1) is 34.4 Å². The molecule has 2 heterocycles. The molecule has 3 aromatic rings. The predicted octanol–water partition coefficient (Wildman–Crippen LogP) is 4.80. The second kappa shape index (κ2) is 9.06. The van der Waals surface area contributed by atoms with Crippen LogP contribution in [0.25, 0.3) is 11.3 Å². The van der Waals surface area contributed by atoms with Gasteiger partial charge in [0.25, 0.3) is 0 Å². The number of alkyl halides is 3. The third-order valence-electron chi connectivity index (χ3n) is 5.47. The summed E-state index contributed by atoms with van der Waals surface area (Å²) in [6, 6.07) is 6.46. The molecule has 1 amide bonds. The van der Waals surface area contributed by atoms with Crippen LogP contribution in [-0.4, -0.2) is 37.4 Å². The molecular formula is C22H22F3N5O2S2. The lowest BCUT2D eigenvalue weighted by molar-refractivity contribution is -0.141. The zero-order valence-corrected chi connectivity index (χ0v) is 20.2. The number of carbonyl (C=O) groups is 1. The van der Waals surface area contributed by atoms with Crippen LogP contribution in [0.4, 0.5) is 24.0 Å². The third-order valence-corrected chi connectivity index (χ3v) is 7.83. The van der Waals surface area contributed by atoms with Crippen molar-refractivity contribution in [3.05, 3.63) is 53.4 Å². The highest BCUT2D eigenvalue weighted by Crippen LogP contribution is 2.33. The normalized spacial score (nSPS) is 15.1. The number of aromatic nitrogens is 3. The van der Waals surface area contributed by atoms with E-state index in [9.17, 15) is 22.2 Å². The largest absolute Gasteiger partial charge is 0.434 e. The summed E-state index contributed by atoms with van der Waals surface area (Å²) in [6.45, 7) is 3.52. The quantitative estimate of drug-likeness (QED) is 0.495. The number of halogens is 3. The first-order valence-electron chi connectivity index (χ1n) is 10.4. The standard InChI is InChI=1S/C22H22F3N5O2S2/c1-21(2,18-12-33-20(28-18)29-34(32)15-8-9-15)19(31)30(3)14-6-4-13(5-7-14)16-10-26-11-17(27-16)22(23,24)25/h4-7,10-12,15H,8-9H2,1-3H3,(H,28,29). The summed E-state index contributed by atoms with van der Waals surface area (Å²) in [5.74, 6) is -0.223. The van der Waals surface area contributed by atoms with Crippen molar-refractivity contribution in [3.63, 3.8) is 0 Å². The second-order valence-electron chi connectivity index (χ2n) is 8.46. The molecule has 12 heteroatoms. The number of carbonyl (C=O) groups excluding carboxylic acids is 1. The molecule has 1 atom stereocenters. The van der Waals surface area contributed by atoms with Crippen LogP contribution in [-0.2, 0) is 27.4 Å². The summed E-state index contributed by atoms with van der Waals surface area (Å²) in [6.07, 6.45) is -0.779. The van der Waals surface area contributed by atoms with Crippen molar-refractivity contribution in [2.75, 3.05) is 16.7 Å². The minimum absolute atomic E-state index is 0.0850. The van der Waals surface area contributed by atoms with E-state index in [4.69, 9.17) is 0 Å². The van der Waals surface area contributed by atoms with E-state index in [1.807, 2.05) is 0 Å². The fourth-order valence-corrected chi connectivity index (χ4v) is 5.31. The smallest absolute Gasteiger partial charge is 0.315 e. The molecule has 0 aliphatic heterocycles. The lowest BCUT2D eigenvalue weighted by Gasteiger charge is -2.28. The monoisotopic (exact) mass is 509 g/mol. The molecule has 1 N–H and O–H groups in total. The molecule has 7 nitrogen and oxygen atoms in total. The number of rotatable bonds is 7. The Labute approximate surface area is 201 Å². The van der Waals surface area contributed by atoms with Crippen molar-refractivity contribution < 1.29 is 22.2 Å². The molecule has 2 aromatic heterocycles. The van der Waals surface area contributed by atoms with Gasteiger partial charge < -0.3 is 4.90 Å². The minimum Gasteiger partial charge on any atom is -0.315 e. The first-order valence-corrected chi connectivity index (χ1v) is 12.5. The molecule has 4 rings (SSSR count). The van der Waals surface area contributed by atoms with Gasteiger partial charge in [-0.3, -0.25) is 14.5 Å². The molecule has 0 spiro atoms. The van der Waals surface area contributed by atoms with Crippen LogP contribution in [0.2, 0.25) is 0 Å². The van der Waals surface area contributed by atoms with E-state index in [1.165, 1.54) is 22.4 Å². The van der Waals surface area contributed by atoms with Gasteiger partial charge >= 0.3 is 6.18 Å². The number of hydrogen-bond acceptors (Lipinski definition) is 6. The summed E-state index contributed by atoms with van der Waals surface area (Å²) in [4.78, 5) is 26.5. The lowest BCUT2D eigenvalue weighted by Crippen LogP contribution is -2.41. The zero-order valence-electron chi connectivity index (χ0n) is 18.6. The van der Waals surface area contributed by atoms with E-state index in [1.54, 1.807) is 50.5 Å². The summed E-state index contributed by atoms with van der Waals surface area (Å²) < 4.78 is 53.8. The maximum absolute atomic E-state index is 13.3. The Bertz CT molecular complexity index is 1220. The third kappa shape index (κ3) is 5.12. The molecule has 1 saturated carbocycles. The van der Waals surface area contributed by atoms with E-state index >= 15 is 0 Å². The Morgan fingerprint density at radius 2 is 1.79 bits per heavy atom. The molecular weight excluding hydrogens is 487 g/mol. The average molecular weight is 510 g/mol. The van der Waals surface area contributed by atoms with E-state index in [2.05, 4.69) is 19.7 Å². The van der Waals surface area contributed by atoms with Gasteiger partial charge in [-0.1, -0.05) is 12.1 Å². The molecule has 1 aliphatic carbocycles. The number of nitrogens with one attached hydrogen (secondary N) is 1. The van der Waals surface area contributed by atoms with E-state index in [0.717, 1.165) is 12.8 Å².